The molecule has 28 heavy (non-hydrogen) atoms. The molecule has 0 heterocycles. The number of benzene rings is 2. The van der Waals surface area contributed by atoms with Gasteiger partial charge < -0.3 is 9.64 Å². The quantitative estimate of drug-likeness (QED) is 0.662. The number of nitriles is 1. The number of anilines is 1. The van der Waals surface area contributed by atoms with Crippen molar-refractivity contribution in [2.45, 2.75) is 18.2 Å². The monoisotopic (exact) mass is 400 g/mol. The van der Waals surface area contributed by atoms with Crippen molar-refractivity contribution in [2.24, 2.45) is 0 Å². The Morgan fingerprint density at radius 2 is 1.68 bits per heavy atom. The van der Waals surface area contributed by atoms with Gasteiger partial charge in [0.2, 0.25) is 0 Å². The summed E-state index contributed by atoms with van der Waals surface area (Å²) < 4.78 is 28.0. The molecule has 0 bridgehead atoms. The van der Waals surface area contributed by atoms with E-state index in [1.165, 1.54) is 29.2 Å². The number of carbonyl (C=O) groups is 2. The molecular formula is C20H20N2O5S. The number of hydrogen-bond acceptors (Lipinski definition) is 6. The lowest BCUT2D eigenvalue weighted by atomic mass is 10.2. The highest BCUT2D eigenvalue weighted by Gasteiger charge is 2.18. The summed E-state index contributed by atoms with van der Waals surface area (Å²) in [5.74, 6) is -1.20. The summed E-state index contributed by atoms with van der Waals surface area (Å²) >= 11 is 0. The van der Waals surface area contributed by atoms with Crippen LogP contribution >= 0.6 is 0 Å². The zero-order valence-electron chi connectivity index (χ0n) is 15.6. The van der Waals surface area contributed by atoms with E-state index >= 15 is 0 Å². The van der Waals surface area contributed by atoms with Gasteiger partial charge in [0.05, 0.1) is 22.9 Å². The first-order chi connectivity index (χ1) is 13.2. The minimum absolute atomic E-state index is 0.0853. The van der Waals surface area contributed by atoms with Crippen molar-refractivity contribution in [1.82, 2.24) is 0 Å². The summed E-state index contributed by atoms with van der Waals surface area (Å²) in [5, 5.41) is 8.82. The molecule has 2 aromatic carbocycles. The maximum atomic E-state index is 12.5. The maximum absolute atomic E-state index is 12.5. The van der Waals surface area contributed by atoms with Gasteiger partial charge in [0.15, 0.2) is 16.4 Å². The summed E-state index contributed by atoms with van der Waals surface area (Å²) in [6.45, 7) is 1.60. The number of amides is 1. The zero-order valence-corrected chi connectivity index (χ0v) is 16.4. The van der Waals surface area contributed by atoms with Gasteiger partial charge in [-0.05, 0) is 43.3 Å². The Kier molecular flexibility index (Phi) is 6.90. The van der Waals surface area contributed by atoms with Crippen molar-refractivity contribution in [3.63, 3.8) is 0 Å². The number of carbonyl (C=O) groups excluding carboxylic acids is 2. The lowest BCUT2D eigenvalue weighted by Crippen LogP contribution is -2.35. The Morgan fingerprint density at radius 3 is 2.21 bits per heavy atom. The molecule has 0 spiro atoms. The van der Waals surface area contributed by atoms with Crippen LogP contribution in [-0.2, 0) is 19.4 Å². The number of rotatable bonds is 7. The smallest absolute Gasteiger partial charge is 0.338 e. The first-order valence-electron chi connectivity index (χ1n) is 8.43. The molecule has 8 heteroatoms. The molecular weight excluding hydrogens is 380 g/mol. The molecule has 0 aliphatic heterocycles. The van der Waals surface area contributed by atoms with Gasteiger partial charge in [0.1, 0.15) is 0 Å². The van der Waals surface area contributed by atoms with Crippen LogP contribution in [-0.4, -0.2) is 39.7 Å². The van der Waals surface area contributed by atoms with Gasteiger partial charge in [-0.25, -0.2) is 13.2 Å². The van der Waals surface area contributed by atoms with Crippen LogP contribution in [0.25, 0.3) is 0 Å². The molecule has 2 rings (SSSR count). The molecule has 0 unspecified atom stereocenters. The number of hydrogen-bond donors (Lipinski definition) is 0. The van der Waals surface area contributed by atoms with Crippen molar-refractivity contribution >= 4 is 27.4 Å². The first kappa shape index (κ1) is 21.1. The standard InChI is InChI=1S/C20H20N2O5S/c1-15-4-8-17(9-5-15)22(13-3-12-21)19(23)14-27-20(24)16-6-10-18(11-7-16)28(2,25)26/h4-11H,3,13-14H2,1-2H3. The molecule has 7 nitrogen and oxygen atoms in total. The normalized spacial score (nSPS) is 10.8. The highest BCUT2D eigenvalue weighted by Crippen LogP contribution is 2.16. The van der Waals surface area contributed by atoms with Crippen molar-refractivity contribution in [3.05, 3.63) is 59.7 Å². The highest BCUT2D eigenvalue weighted by atomic mass is 32.2. The van der Waals surface area contributed by atoms with Gasteiger partial charge >= 0.3 is 5.97 Å². The van der Waals surface area contributed by atoms with E-state index in [2.05, 4.69) is 0 Å². The second kappa shape index (κ2) is 9.15. The fraction of sp³-hybridized carbons (Fsp3) is 0.250. The van der Waals surface area contributed by atoms with Crippen molar-refractivity contribution < 1.29 is 22.7 Å². The lowest BCUT2D eigenvalue weighted by Gasteiger charge is -2.21. The number of sulfone groups is 1. The Hall–Kier alpha value is -3.18. The third kappa shape index (κ3) is 5.66. The molecule has 0 saturated heterocycles. The van der Waals surface area contributed by atoms with Gasteiger partial charge in [-0.15, -0.1) is 0 Å². The number of ether oxygens (including phenoxy) is 1. The van der Waals surface area contributed by atoms with E-state index in [0.717, 1.165) is 11.8 Å². The van der Waals surface area contributed by atoms with Gasteiger partial charge in [-0.3, -0.25) is 4.79 Å². The molecule has 0 fully saturated rings. The second-order valence-electron chi connectivity index (χ2n) is 6.16. The number of nitrogens with zero attached hydrogens (tertiary/aromatic N) is 2. The van der Waals surface area contributed by atoms with Crippen LogP contribution in [0.15, 0.2) is 53.4 Å². The minimum Gasteiger partial charge on any atom is -0.452 e. The summed E-state index contributed by atoms with van der Waals surface area (Å²) in [6.07, 6.45) is 1.21. The van der Waals surface area contributed by atoms with Crippen LogP contribution in [0.5, 0.6) is 0 Å². The molecule has 0 radical (unpaired) electrons. The molecule has 0 aliphatic carbocycles. The van der Waals surface area contributed by atoms with Crippen LogP contribution in [0.1, 0.15) is 22.3 Å². The minimum atomic E-state index is -3.36. The number of aryl methyl sites for hydroxylation is 1. The molecule has 0 aliphatic rings. The lowest BCUT2D eigenvalue weighted by molar-refractivity contribution is -0.121. The van der Waals surface area contributed by atoms with Gasteiger partial charge in [-0.1, -0.05) is 17.7 Å². The summed E-state index contributed by atoms with van der Waals surface area (Å²) in [7, 11) is -3.36. The average Bonchev–Trinajstić information content (AvgIpc) is 2.67. The van der Waals surface area contributed by atoms with Gasteiger partial charge in [0, 0.05) is 18.5 Å². The van der Waals surface area contributed by atoms with Crippen LogP contribution in [0.4, 0.5) is 5.69 Å². The molecule has 0 atom stereocenters. The van der Waals surface area contributed by atoms with Crippen LogP contribution in [0.3, 0.4) is 0 Å². The van der Waals surface area contributed by atoms with E-state index in [1.54, 1.807) is 12.1 Å². The van der Waals surface area contributed by atoms with E-state index in [1.807, 2.05) is 25.1 Å². The van der Waals surface area contributed by atoms with Crippen LogP contribution < -0.4 is 4.90 Å². The van der Waals surface area contributed by atoms with E-state index in [0.29, 0.717) is 5.69 Å². The van der Waals surface area contributed by atoms with E-state index in [9.17, 15) is 18.0 Å². The van der Waals surface area contributed by atoms with Crippen molar-refractivity contribution in [1.29, 1.82) is 5.26 Å². The Balaban J connectivity index is 2.05. The predicted octanol–water partition coefficient (Wildman–Crippen LogP) is 2.50. The molecule has 0 saturated carbocycles. The molecule has 0 aromatic heterocycles. The average molecular weight is 400 g/mol. The SMILES string of the molecule is Cc1ccc(N(CCC#N)C(=O)COC(=O)c2ccc(S(C)(=O)=O)cc2)cc1. The highest BCUT2D eigenvalue weighted by molar-refractivity contribution is 7.90. The largest absolute Gasteiger partial charge is 0.452 e. The van der Waals surface area contributed by atoms with Crippen molar-refractivity contribution in [2.75, 3.05) is 24.3 Å². The van der Waals surface area contributed by atoms with E-state index in [-0.39, 0.29) is 23.4 Å². The topological polar surface area (TPSA) is 105 Å². The maximum Gasteiger partial charge on any atom is 0.338 e. The van der Waals surface area contributed by atoms with Crippen LogP contribution in [0, 0.1) is 18.3 Å². The molecule has 146 valence electrons. The van der Waals surface area contributed by atoms with Gasteiger partial charge in [0.25, 0.3) is 5.91 Å². The summed E-state index contributed by atoms with van der Waals surface area (Å²) in [5.41, 5.74) is 1.78. The predicted molar refractivity (Wildman–Crippen MR) is 104 cm³/mol. The third-order valence-corrected chi connectivity index (χ3v) is 5.07. The number of esters is 1. The second-order valence-corrected chi connectivity index (χ2v) is 8.18. The van der Waals surface area contributed by atoms with Crippen LogP contribution in [0.2, 0.25) is 0 Å². The Bertz CT molecular complexity index is 990. The molecule has 2 aromatic rings. The third-order valence-electron chi connectivity index (χ3n) is 3.94. The van der Waals surface area contributed by atoms with E-state index in [4.69, 9.17) is 10.00 Å². The first-order valence-corrected chi connectivity index (χ1v) is 10.3. The molecule has 1 amide bonds. The fourth-order valence-corrected chi connectivity index (χ4v) is 3.04. The zero-order chi connectivity index (χ0) is 20.7. The Labute approximate surface area is 164 Å². The fourth-order valence-electron chi connectivity index (χ4n) is 2.41. The van der Waals surface area contributed by atoms with Gasteiger partial charge in [-0.2, -0.15) is 5.26 Å². The van der Waals surface area contributed by atoms with E-state index < -0.39 is 28.3 Å². The van der Waals surface area contributed by atoms with Crippen molar-refractivity contribution in [3.8, 4) is 6.07 Å². The Morgan fingerprint density at radius 1 is 1.07 bits per heavy atom. The molecule has 0 N–H and O–H groups in total. The summed E-state index contributed by atoms with van der Waals surface area (Å²) in [4.78, 5) is 26.1. The summed E-state index contributed by atoms with van der Waals surface area (Å²) in [6, 6.07) is 14.5.